The van der Waals surface area contributed by atoms with Gasteiger partial charge in [0.2, 0.25) is 0 Å². The Morgan fingerprint density at radius 2 is 0.943 bits per heavy atom. The van der Waals surface area contributed by atoms with Crippen molar-refractivity contribution in [1.82, 2.24) is 15.0 Å². The van der Waals surface area contributed by atoms with Crippen LogP contribution in [-0.2, 0) is 0 Å². The van der Waals surface area contributed by atoms with Crippen LogP contribution in [0.4, 0.5) is 0 Å². The fourth-order valence-corrected chi connectivity index (χ4v) is 8.96. The van der Waals surface area contributed by atoms with E-state index in [0.717, 1.165) is 66.7 Å². The molecule has 4 heterocycles. The normalized spacial score (nSPS) is 11.8. The molecule has 0 fully saturated rings. The van der Waals surface area contributed by atoms with Crippen molar-refractivity contribution in [3.05, 3.63) is 176 Å². The van der Waals surface area contributed by atoms with Crippen LogP contribution in [0.1, 0.15) is 0 Å². The molecule has 7 aromatic carbocycles. The minimum atomic E-state index is 0.915. The summed E-state index contributed by atoms with van der Waals surface area (Å²) < 4.78 is 2.56. The summed E-state index contributed by atoms with van der Waals surface area (Å²) in [4.78, 5) is 15.6. The Bertz CT molecular complexity index is 3220. The van der Waals surface area contributed by atoms with E-state index >= 15 is 0 Å². The number of hydrogen-bond acceptors (Lipinski definition) is 4. The molecular formula is C49H29N3S. The van der Waals surface area contributed by atoms with Crippen LogP contribution in [0.5, 0.6) is 0 Å². The molecule has 0 amide bonds. The topological polar surface area (TPSA) is 38.7 Å². The highest BCUT2D eigenvalue weighted by molar-refractivity contribution is 7.26. The number of benzene rings is 7. The number of para-hydroxylation sites is 1. The molecule has 11 aromatic rings. The second kappa shape index (κ2) is 11.9. The molecule has 4 heteroatoms. The quantitative estimate of drug-likeness (QED) is 0.172. The molecule has 0 bridgehead atoms. The summed E-state index contributed by atoms with van der Waals surface area (Å²) in [5.41, 5.74) is 11.4. The van der Waals surface area contributed by atoms with Gasteiger partial charge in [0.05, 0.1) is 33.6 Å². The van der Waals surface area contributed by atoms with Crippen molar-refractivity contribution in [3.63, 3.8) is 0 Å². The zero-order valence-corrected chi connectivity index (χ0v) is 29.3. The summed E-state index contributed by atoms with van der Waals surface area (Å²) >= 11 is 1.86. The molecule has 4 aromatic heterocycles. The molecule has 0 N–H and O–H groups in total. The first-order chi connectivity index (χ1) is 26.2. The molecule has 0 atom stereocenters. The zero-order valence-electron chi connectivity index (χ0n) is 28.5. The Balaban J connectivity index is 1.07. The molecule has 0 saturated carbocycles. The van der Waals surface area contributed by atoms with E-state index < -0.39 is 0 Å². The monoisotopic (exact) mass is 691 g/mol. The van der Waals surface area contributed by atoms with Crippen LogP contribution < -0.4 is 0 Å². The maximum atomic E-state index is 5.26. The van der Waals surface area contributed by atoms with Gasteiger partial charge in [0, 0.05) is 63.8 Å². The number of thiophene rings is 1. The third kappa shape index (κ3) is 4.91. The first kappa shape index (κ1) is 29.9. The molecule has 0 spiro atoms. The highest BCUT2D eigenvalue weighted by Gasteiger charge is 2.17. The van der Waals surface area contributed by atoms with Crippen LogP contribution >= 0.6 is 11.3 Å². The SMILES string of the molecule is c1ccc(-c2ccc3ccc4ccc(-c5cccc(-c6ccc7sc8ccc9c(-c%10ccccc%10)nc%10ccccc%10c9c8c7c6)c5)nc4c3n2)cc1. The molecular weight excluding hydrogens is 663 g/mol. The maximum Gasteiger partial charge on any atom is 0.0972 e. The van der Waals surface area contributed by atoms with Gasteiger partial charge in [-0.15, -0.1) is 11.3 Å². The second-order valence-electron chi connectivity index (χ2n) is 13.6. The standard InChI is InChI=1S/C49H29N3S/c1-3-10-30(11-4-1)40-24-20-32-18-19-33-21-25-41(51-49(33)48(32)50-40)36-15-9-14-34(28-36)35-22-26-43-39(29-35)46-44(53-43)27-23-38-45(46)37-16-7-8-17-42(37)52-47(38)31-12-5-2-6-13-31/h1-29H. The van der Waals surface area contributed by atoms with E-state index in [9.17, 15) is 0 Å². The number of fused-ring (bicyclic) bond motifs is 10. The fourth-order valence-electron chi connectivity index (χ4n) is 7.86. The van der Waals surface area contributed by atoms with Crippen molar-refractivity contribution < 1.29 is 0 Å². The summed E-state index contributed by atoms with van der Waals surface area (Å²) in [6.07, 6.45) is 0. The lowest BCUT2D eigenvalue weighted by molar-refractivity contribution is 1.36. The Morgan fingerprint density at radius 3 is 1.72 bits per heavy atom. The van der Waals surface area contributed by atoms with E-state index in [-0.39, 0.29) is 0 Å². The van der Waals surface area contributed by atoms with Crippen LogP contribution in [0, 0.1) is 0 Å². The van der Waals surface area contributed by atoms with Gasteiger partial charge in [-0.25, -0.2) is 15.0 Å². The molecule has 0 aliphatic heterocycles. The number of hydrogen-bond donors (Lipinski definition) is 0. The van der Waals surface area contributed by atoms with Crippen molar-refractivity contribution in [3.8, 4) is 44.9 Å². The van der Waals surface area contributed by atoms with Crippen molar-refractivity contribution in [2.75, 3.05) is 0 Å². The largest absolute Gasteiger partial charge is 0.247 e. The molecule has 0 unspecified atom stereocenters. The van der Waals surface area contributed by atoms with Gasteiger partial charge in [0.15, 0.2) is 0 Å². The number of pyridine rings is 3. The first-order valence-corrected chi connectivity index (χ1v) is 18.7. The van der Waals surface area contributed by atoms with Crippen molar-refractivity contribution in [2.45, 2.75) is 0 Å². The van der Waals surface area contributed by atoms with E-state index in [1.807, 2.05) is 17.4 Å². The molecule has 0 saturated heterocycles. The van der Waals surface area contributed by atoms with Gasteiger partial charge in [0.1, 0.15) is 0 Å². The van der Waals surface area contributed by atoms with E-state index in [0.29, 0.717) is 0 Å². The average molecular weight is 692 g/mol. The van der Waals surface area contributed by atoms with Gasteiger partial charge >= 0.3 is 0 Å². The Morgan fingerprint density at radius 1 is 0.340 bits per heavy atom. The summed E-state index contributed by atoms with van der Waals surface area (Å²) in [6, 6.07) is 62.5. The molecule has 246 valence electrons. The predicted molar refractivity (Wildman–Crippen MR) is 224 cm³/mol. The van der Waals surface area contributed by atoms with Crippen LogP contribution in [0.25, 0.3) is 109 Å². The first-order valence-electron chi connectivity index (χ1n) is 17.9. The Kier molecular flexibility index (Phi) is 6.73. The van der Waals surface area contributed by atoms with E-state index in [2.05, 4.69) is 170 Å². The van der Waals surface area contributed by atoms with Crippen LogP contribution in [0.3, 0.4) is 0 Å². The van der Waals surface area contributed by atoms with E-state index in [1.165, 1.54) is 41.9 Å². The minimum absolute atomic E-state index is 0.915. The van der Waals surface area contributed by atoms with Gasteiger partial charge < -0.3 is 0 Å². The smallest absolute Gasteiger partial charge is 0.0972 e. The lowest BCUT2D eigenvalue weighted by Gasteiger charge is -2.12. The van der Waals surface area contributed by atoms with Gasteiger partial charge in [-0.2, -0.15) is 0 Å². The third-order valence-corrected chi connectivity index (χ3v) is 11.6. The molecule has 3 nitrogen and oxygen atoms in total. The van der Waals surface area contributed by atoms with Gasteiger partial charge in [0.25, 0.3) is 0 Å². The molecule has 0 aliphatic carbocycles. The highest BCUT2D eigenvalue weighted by atomic mass is 32.1. The molecule has 0 radical (unpaired) electrons. The van der Waals surface area contributed by atoms with Crippen molar-refractivity contribution in [1.29, 1.82) is 0 Å². The Hall–Kier alpha value is -6.75. The lowest BCUT2D eigenvalue weighted by Crippen LogP contribution is -1.91. The molecule has 53 heavy (non-hydrogen) atoms. The van der Waals surface area contributed by atoms with Crippen LogP contribution in [-0.4, -0.2) is 15.0 Å². The molecule has 0 aliphatic rings. The molecule has 11 rings (SSSR count). The number of aromatic nitrogens is 3. The fraction of sp³-hybridized carbons (Fsp3) is 0. The Labute approximate surface area is 309 Å². The van der Waals surface area contributed by atoms with E-state index in [4.69, 9.17) is 15.0 Å². The summed E-state index contributed by atoms with van der Waals surface area (Å²) in [5, 5.41) is 8.34. The van der Waals surface area contributed by atoms with Crippen LogP contribution in [0.2, 0.25) is 0 Å². The minimum Gasteiger partial charge on any atom is -0.247 e. The summed E-state index contributed by atoms with van der Waals surface area (Å²) in [5.74, 6) is 0. The maximum absolute atomic E-state index is 5.26. The van der Waals surface area contributed by atoms with Crippen LogP contribution in [0.15, 0.2) is 176 Å². The zero-order chi connectivity index (χ0) is 34.9. The summed E-state index contributed by atoms with van der Waals surface area (Å²) in [7, 11) is 0. The van der Waals surface area contributed by atoms with E-state index in [1.54, 1.807) is 0 Å². The van der Waals surface area contributed by atoms with Crippen molar-refractivity contribution >= 4 is 75.0 Å². The van der Waals surface area contributed by atoms with Gasteiger partial charge in [-0.3, -0.25) is 0 Å². The lowest BCUT2D eigenvalue weighted by atomic mass is 9.95. The van der Waals surface area contributed by atoms with Crippen molar-refractivity contribution in [2.24, 2.45) is 0 Å². The summed E-state index contributed by atoms with van der Waals surface area (Å²) in [6.45, 7) is 0. The van der Waals surface area contributed by atoms with Gasteiger partial charge in [-0.05, 0) is 53.6 Å². The van der Waals surface area contributed by atoms with Gasteiger partial charge in [-0.1, -0.05) is 133 Å². The predicted octanol–water partition coefficient (Wildman–Crippen LogP) is 13.5. The average Bonchev–Trinajstić information content (AvgIpc) is 3.62. The highest BCUT2D eigenvalue weighted by Crippen LogP contribution is 2.44. The third-order valence-electron chi connectivity index (χ3n) is 10.4. The number of rotatable bonds is 4. The number of nitrogens with zero attached hydrogens (tertiary/aromatic N) is 3. The second-order valence-corrected chi connectivity index (χ2v) is 14.7.